The maximum Gasteiger partial charge on any atom is 0.0900 e. The lowest BCUT2D eigenvalue weighted by molar-refractivity contribution is 1.19. The number of rotatable bonds is 12. The predicted octanol–water partition coefficient (Wildman–Crippen LogP) is 13.8. The molecule has 0 aliphatic carbocycles. The van der Waals surface area contributed by atoms with E-state index in [-0.39, 0.29) is 0 Å². The second-order valence-electron chi connectivity index (χ2n) is 18.0. The van der Waals surface area contributed by atoms with E-state index in [1.807, 2.05) is 200 Å². The van der Waals surface area contributed by atoms with E-state index in [2.05, 4.69) is 22.1 Å². The van der Waals surface area contributed by atoms with Gasteiger partial charge in [-0.2, -0.15) is 0 Å². The maximum atomic E-state index is 5.35. The average Bonchev–Trinajstić information content (AvgIpc) is 3.58. The monoisotopic (exact) mass is 1000 g/mol. The van der Waals surface area contributed by atoms with E-state index in [1.54, 1.807) is 37.2 Å². The molecule has 78 heavy (non-hydrogen) atoms. The Labute approximate surface area is 448 Å². The predicted molar refractivity (Wildman–Crippen MR) is 303 cm³/mol. The number of pyridine rings is 13. The van der Waals surface area contributed by atoms with E-state index in [9.17, 15) is 0 Å². The van der Waals surface area contributed by atoms with Gasteiger partial charge in [-0.3, -0.25) is 29.9 Å². The first kappa shape index (κ1) is 46.7. The van der Waals surface area contributed by atoms with Crippen molar-refractivity contribution in [1.29, 1.82) is 0 Å². The molecular formula is C65H41N13. The number of nitrogens with zero attached hydrogens (tertiary/aromatic N) is 13. The van der Waals surface area contributed by atoms with Crippen LogP contribution in [0.4, 0.5) is 0 Å². The molecule has 0 spiro atoms. The van der Waals surface area contributed by atoms with Crippen molar-refractivity contribution in [2.75, 3.05) is 0 Å². The van der Waals surface area contributed by atoms with Crippen molar-refractivity contribution < 1.29 is 0 Å². The highest BCUT2D eigenvalue weighted by atomic mass is 14.9. The van der Waals surface area contributed by atoms with Gasteiger partial charge in [0.15, 0.2) is 0 Å². The van der Waals surface area contributed by atoms with Crippen LogP contribution in [0.1, 0.15) is 0 Å². The molecule has 0 unspecified atom stereocenters. The molecule has 0 aliphatic heterocycles. The van der Waals surface area contributed by atoms with Gasteiger partial charge in [-0.25, -0.2) is 34.9 Å². The first-order valence-corrected chi connectivity index (χ1v) is 25.1. The zero-order valence-corrected chi connectivity index (χ0v) is 41.5. The topological polar surface area (TPSA) is 168 Å². The maximum absolute atomic E-state index is 5.35. The van der Waals surface area contributed by atoms with E-state index in [1.165, 1.54) is 0 Å². The molecule has 13 heterocycles. The Morgan fingerprint density at radius 1 is 0.141 bits per heavy atom. The van der Waals surface area contributed by atoms with Gasteiger partial charge < -0.3 is 0 Å². The van der Waals surface area contributed by atoms with Crippen LogP contribution in [0.15, 0.2) is 250 Å². The third-order valence-corrected chi connectivity index (χ3v) is 12.8. The molecule has 13 nitrogen and oxygen atoms in total. The van der Waals surface area contributed by atoms with Crippen molar-refractivity contribution in [3.8, 4) is 136 Å². The molecule has 13 aromatic rings. The number of hydrogen-bond donors (Lipinski definition) is 0. The summed E-state index contributed by atoms with van der Waals surface area (Å²) in [4.78, 5) is 64.3. The summed E-state index contributed by atoms with van der Waals surface area (Å²) < 4.78 is 0. The molecule has 0 saturated carbocycles. The summed E-state index contributed by atoms with van der Waals surface area (Å²) in [6.45, 7) is 0. The van der Waals surface area contributed by atoms with Crippen molar-refractivity contribution in [3.05, 3.63) is 250 Å². The molecular weight excluding hydrogens is 963 g/mol. The average molecular weight is 1000 g/mol. The SMILES string of the molecule is c1ccc(-c2cccc(-c3cc(-c4cc(-c5ccccn5)nc(-c5cccc(-c6cc(-c7cc(-c8ccccn8)nc(-c8cccc(-c9ccccn9)n8)c7)cc(-c7ccccn7)n6)n5)c4)cc(-c4ccccn4)n3)n2)nc1. The number of aromatic nitrogens is 13. The Balaban J connectivity index is 0.952. The van der Waals surface area contributed by atoms with Crippen LogP contribution >= 0.6 is 0 Å². The second-order valence-corrected chi connectivity index (χ2v) is 18.0. The summed E-state index contributed by atoms with van der Waals surface area (Å²) in [7, 11) is 0. The summed E-state index contributed by atoms with van der Waals surface area (Å²) in [6.07, 6.45) is 10.6. The summed E-state index contributed by atoms with van der Waals surface area (Å²) in [5.74, 6) is 0. The van der Waals surface area contributed by atoms with E-state index >= 15 is 0 Å². The molecule has 13 heteroatoms. The summed E-state index contributed by atoms with van der Waals surface area (Å²) in [6, 6.07) is 68.9. The fraction of sp³-hybridized carbons (Fsp3) is 0. The van der Waals surface area contributed by atoms with Crippen molar-refractivity contribution >= 4 is 0 Å². The Bertz CT molecular complexity index is 3980. The highest BCUT2D eigenvalue weighted by Crippen LogP contribution is 2.37. The highest BCUT2D eigenvalue weighted by Gasteiger charge is 2.19. The van der Waals surface area contributed by atoms with E-state index < -0.39 is 0 Å². The summed E-state index contributed by atoms with van der Waals surface area (Å²) >= 11 is 0. The minimum atomic E-state index is 0.628. The molecule has 366 valence electrons. The van der Waals surface area contributed by atoms with Gasteiger partial charge in [-0.1, -0.05) is 54.6 Å². The van der Waals surface area contributed by atoms with Crippen LogP contribution in [0.25, 0.3) is 136 Å². The van der Waals surface area contributed by atoms with Gasteiger partial charge in [-0.05, 0) is 180 Å². The molecule has 0 fully saturated rings. The van der Waals surface area contributed by atoms with Crippen LogP contribution in [-0.2, 0) is 0 Å². The van der Waals surface area contributed by atoms with Gasteiger partial charge in [0.1, 0.15) is 0 Å². The van der Waals surface area contributed by atoms with Crippen LogP contribution in [-0.4, -0.2) is 64.8 Å². The first-order chi connectivity index (χ1) is 38.6. The van der Waals surface area contributed by atoms with Gasteiger partial charge >= 0.3 is 0 Å². The van der Waals surface area contributed by atoms with Crippen LogP contribution in [0.3, 0.4) is 0 Å². The minimum Gasteiger partial charge on any atom is -0.255 e. The molecule has 13 aromatic heterocycles. The Kier molecular flexibility index (Phi) is 12.6. The molecule has 0 bridgehead atoms. The molecule has 13 rings (SSSR count). The van der Waals surface area contributed by atoms with Gasteiger partial charge in [0.2, 0.25) is 0 Å². The molecule has 0 radical (unpaired) electrons. The Hall–Kier alpha value is -11.1. The van der Waals surface area contributed by atoms with Crippen LogP contribution in [0.5, 0.6) is 0 Å². The smallest absolute Gasteiger partial charge is 0.0900 e. The van der Waals surface area contributed by atoms with Crippen LogP contribution in [0, 0.1) is 0 Å². The van der Waals surface area contributed by atoms with Crippen molar-refractivity contribution in [3.63, 3.8) is 0 Å². The quantitative estimate of drug-likeness (QED) is 0.113. The third-order valence-electron chi connectivity index (χ3n) is 12.8. The zero-order chi connectivity index (χ0) is 52.0. The van der Waals surface area contributed by atoms with Gasteiger partial charge in [0, 0.05) is 37.2 Å². The van der Waals surface area contributed by atoms with E-state index in [0.29, 0.717) is 79.7 Å². The lowest BCUT2D eigenvalue weighted by Gasteiger charge is -2.14. The molecule has 0 amide bonds. The largest absolute Gasteiger partial charge is 0.255 e. The molecule has 0 aliphatic rings. The molecule has 0 saturated heterocycles. The summed E-state index contributed by atoms with van der Waals surface area (Å²) in [5.41, 5.74) is 17.3. The van der Waals surface area contributed by atoms with E-state index in [0.717, 1.165) is 56.4 Å². The van der Waals surface area contributed by atoms with Gasteiger partial charge in [-0.15, -0.1) is 0 Å². The van der Waals surface area contributed by atoms with Gasteiger partial charge in [0.25, 0.3) is 0 Å². The van der Waals surface area contributed by atoms with Crippen molar-refractivity contribution in [2.24, 2.45) is 0 Å². The number of hydrogen-bond acceptors (Lipinski definition) is 13. The van der Waals surface area contributed by atoms with Crippen molar-refractivity contribution in [1.82, 2.24) is 64.8 Å². The van der Waals surface area contributed by atoms with E-state index in [4.69, 9.17) is 54.8 Å². The standard InChI is InChI=1S/C65H41N13/c1-7-28-66-46(16-1)52-22-13-24-54(72-52)62-38-42(34-58(75-62)48-18-3-9-30-68-48)44-36-60(50-20-5-11-32-70-50)77-64(40-44)56-26-15-27-57(74-56)65-41-45(37-61(78-65)51-21-6-12-33-71-51)43-35-59(49-19-4-10-31-69-49)76-63(39-43)55-25-14-23-53(73-55)47-17-2-8-29-67-47/h1-41H. The molecule has 0 aromatic carbocycles. The fourth-order valence-corrected chi connectivity index (χ4v) is 9.08. The van der Waals surface area contributed by atoms with Crippen LogP contribution in [0.2, 0.25) is 0 Å². The second kappa shape index (κ2) is 21.1. The Morgan fingerprint density at radius 2 is 0.295 bits per heavy atom. The zero-order valence-electron chi connectivity index (χ0n) is 41.5. The first-order valence-electron chi connectivity index (χ1n) is 25.1. The lowest BCUT2D eigenvalue weighted by Crippen LogP contribution is -1.99. The van der Waals surface area contributed by atoms with Gasteiger partial charge in [0.05, 0.1) is 114 Å². The molecule has 0 N–H and O–H groups in total. The lowest BCUT2D eigenvalue weighted by atomic mass is 9.99. The third kappa shape index (κ3) is 10.0. The normalized spacial score (nSPS) is 11.1. The molecule has 0 atom stereocenters. The summed E-state index contributed by atoms with van der Waals surface area (Å²) in [5, 5.41) is 0. The Morgan fingerprint density at radius 3 is 0.487 bits per heavy atom. The highest BCUT2D eigenvalue weighted by molar-refractivity contribution is 5.83. The van der Waals surface area contributed by atoms with Crippen LogP contribution < -0.4 is 0 Å². The fourth-order valence-electron chi connectivity index (χ4n) is 9.08. The minimum absolute atomic E-state index is 0.628. The van der Waals surface area contributed by atoms with Crippen molar-refractivity contribution in [2.45, 2.75) is 0 Å².